The number of hydrogen-bond donors (Lipinski definition) is 0. The normalized spacial score (nSPS) is 13.7. The minimum absolute atomic E-state index is 0.0793. The molecule has 116 valence electrons. The van der Waals surface area contributed by atoms with Crippen molar-refractivity contribution < 1.29 is 9.43 Å². The Balaban J connectivity index is 2.86. The highest BCUT2D eigenvalue weighted by molar-refractivity contribution is 6.69. The summed E-state index contributed by atoms with van der Waals surface area (Å²) in [6, 6.07) is 10.1. The molecule has 0 radical (unpaired) electrons. The molecule has 0 fully saturated rings. The van der Waals surface area contributed by atoms with Crippen LogP contribution in [0.25, 0.3) is 0 Å². The summed E-state index contributed by atoms with van der Waals surface area (Å²) >= 11 is 0. The predicted molar refractivity (Wildman–Crippen MR) is 92.0 cm³/mol. The van der Waals surface area contributed by atoms with E-state index in [1.165, 1.54) is 5.57 Å². The highest BCUT2D eigenvalue weighted by atomic mass is 28.4. The molecule has 1 atom stereocenters. The van der Waals surface area contributed by atoms with E-state index in [2.05, 4.69) is 32.1 Å². The summed E-state index contributed by atoms with van der Waals surface area (Å²) in [6.07, 6.45) is 5.73. The lowest BCUT2D eigenvalue weighted by Crippen LogP contribution is -2.30. The maximum Gasteiger partial charge on any atom is 0.216 e. The standard InChI is InChI=1S/C17H27NO2Si/c1-15(2)10-9-13-17(16-11-7-6-8-12-16)14-18(19)20-21(3,4)5/h6-8,10-12,14,17H,9,13H2,1-5H3/b18-14+. The van der Waals surface area contributed by atoms with Gasteiger partial charge in [0.1, 0.15) is 0 Å². The van der Waals surface area contributed by atoms with Gasteiger partial charge in [-0.1, -0.05) is 61.6 Å². The number of hydrogen-bond acceptors (Lipinski definition) is 2. The fourth-order valence-electron chi connectivity index (χ4n) is 2.03. The molecule has 0 saturated heterocycles. The molecule has 0 aliphatic rings. The Hall–Kier alpha value is -1.55. The van der Waals surface area contributed by atoms with Crippen LogP contribution < -0.4 is 0 Å². The molecule has 0 spiro atoms. The van der Waals surface area contributed by atoms with Gasteiger partial charge in [-0.15, -0.1) is 0 Å². The molecule has 0 saturated carbocycles. The average molecular weight is 305 g/mol. The maximum atomic E-state index is 12.0. The third-order valence-electron chi connectivity index (χ3n) is 2.92. The fourth-order valence-corrected chi connectivity index (χ4v) is 2.63. The van der Waals surface area contributed by atoms with Crippen molar-refractivity contribution in [1.82, 2.24) is 0 Å². The van der Waals surface area contributed by atoms with Crippen molar-refractivity contribution in [1.29, 1.82) is 0 Å². The van der Waals surface area contributed by atoms with Gasteiger partial charge in [-0.05, 0) is 32.3 Å². The molecule has 3 nitrogen and oxygen atoms in total. The van der Waals surface area contributed by atoms with Gasteiger partial charge in [-0.2, -0.15) is 0 Å². The third kappa shape index (κ3) is 7.71. The molecular weight excluding hydrogens is 278 g/mol. The number of nitrogens with zero attached hydrogens (tertiary/aromatic N) is 1. The third-order valence-corrected chi connectivity index (χ3v) is 3.65. The first-order chi connectivity index (χ1) is 9.78. The van der Waals surface area contributed by atoms with Gasteiger partial charge in [-0.3, -0.25) is 5.21 Å². The zero-order valence-corrected chi connectivity index (χ0v) is 14.8. The number of allylic oxidation sites excluding steroid dienone is 2. The summed E-state index contributed by atoms with van der Waals surface area (Å²) in [7, 11) is -1.87. The fraction of sp³-hybridized carbons (Fsp3) is 0.471. The van der Waals surface area contributed by atoms with Crippen LogP contribution in [0, 0.1) is 5.21 Å². The monoisotopic (exact) mass is 305 g/mol. The average Bonchev–Trinajstić information content (AvgIpc) is 2.36. The zero-order valence-electron chi connectivity index (χ0n) is 13.8. The molecule has 0 amide bonds. The van der Waals surface area contributed by atoms with E-state index in [1.54, 1.807) is 6.21 Å². The van der Waals surface area contributed by atoms with Gasteiger partial charge in [0.05, 0.1) is 5.92 Å². The minimum Gasteiger partial charge on any atom is -0.444 e. The summed E-state index contributed by atoms with van der Waals surface area (Å²) in [5, 5.41) is 12.0. The largest absolute Gasteiger partial charge is 0.444 e. The number of rotatable bonds is 7. The quantitative estimate of drug-likeness (QED) is 0.237. The van der Waals surface area contributed by atoms with E-state index in [0.29, 0.717) is 4.90 Å². The van der Waals surface area contributed by atoms with Crippen molar-refractivity contribution in [3.05, 3.63) is 52.8 Å². The second-order valence-corrected chi connectivity index (χ2v) is 10.9. The highest BCUT2D eigenvalue weighted by Crippen LogP contribution is 2.20. The van der Waals surface area contributed by atoms with Crippen molar-refractivity contribution in [2.24, 2.45) is 0 Å². The molecule has 0 N–H and O–H groups in total. The first kappa shape index (κ1) is 17.5. The van der Waals surface area contributed by atoms with Gasteiger partial charge in [0.2, 0.25) is 6.21 Å². The lowest BCUT2D eigenvalue weighted by molar-refractivity contribution is -0.701. The smallest absolute Gasteiger partial charge is 0.216 e. The molecule has 0 aliphatic carbocycles. The topological polar surface area (TPSA) is 35.3 Å². The zero-order chi connectivity index (χ0) is 15.9. The summed E-state index contributed by atoms with van der Waals surface area (Å²) < 4.78 is 5.46. The molecule has 0 aliphatic heterocycles. The van der Waals surface area contributed by atoms with E-state index in [1.807, 2.05) is 37.8 Å². The molecule has 0 bridgehead atoms. The van der Waals surface area contributed by atoms with Gasteiger partial charge in [0.25, 0.3) is 0 Å². The van der Waals surface area contributed by atoms with Crippen LogP contribution in [-0.2, 0) is 4.53 Å². The molecule has 0 heterocycles. The van der Waals surface area contributed by atoms with Crippen LogP contribution in [0.2, 0.25) is 19.6 Å². The molecule has 1 rings (SSSR count). The lowest BCUT2D eigenvalue weighted by atomic mass is 9.95. The molecule has 4 heteroatoms. The van der Waals surface area contributed by atoms with E-state index >= 15 is 0 Å². The Kier molecular flexibility index (Phi) is 6.69. The Morgan fingerprint density at radius 3 is 2.38 bits per heavy atom. The summed E-state index contributed by atoms with van der Waals surface area (Å²) in [5.74, 6) is 0.0793. The van der Waals surface area contributed by atoms with Crippen LogP contribution in [-0.4, -0.2) is 19.4 Å². The maximum absolute atomic E-state index is 12.0. The van der Waals surface area contributed by atoms with Crippen LogP contribution >= 0.6 is 0 Å². The van der Waals surface area contributed by atoms with Crippen LogP contribution in [0.5, 0.6) is 0 Å². The van der Waals surface area contributed by atoms with Crippen LogP contribution in [0.4, 0.5) is 0 Å². The van der Waals surface area contributed by atoms with Crippen molar-refractivity contribution in [3.8, 4) is 0 Å². The van der Waals surface area contributed by atoms with Crippen molar-refractivity contribution in [2.45, 2.75) is 52.2 Å². The van der Waals surface area contributed by atoms with Gasteiger partial charge in [0.15, 0.2) is 8.32 Å². The van der Waals surface area contributed by atoms with Crippen molar-refractivity contribution >= 4 is 14.5 Å². The first-order valence-electron chi connectivity index (χ1n) is 7.47. The Labute approximate surface area is 129 Å². The summed E-state index contributed by atoms with van der Waals surface area (Å²) in [5.41, 5.74) is 2.46. The molecule has 0 aromatic heterocycles. The van der Waals surface area contributed by atoms with Crippen LogP contribution in [0.15, 0.2) is 42.0 Å². The number of benzene rings is 1. The van der Waals surface area contributed by atoms with E-state index in [0.717, 1.165) is 18.4 Å². The Morgan fingerprint density at radius 2 is 1.86 bits per heavy atom. The molecule has 21 heavy (non-hydrogen) atoms. The van der Waals surface area contributed by atoms with Crippen LogP contribution in [0.3, 0.4) is 0 Å². The van der Waals surface area contributed by atoms with Crippen molar-refractivity contribution in [3.63, 3.8) is 0 Å². The Morgan fingerprint density at radius 1 is 1.24 bits per heavy atom. The highest BCUT2D eigenvalue weighted by Gasteiger charge is 2.18. The predicted octanol–water partition coefficient (Wildman–Crippen LogP) is 4.86. The minimum atomic E-state index is -1.87. The summed E-state index contributed by atoms with van der Waals surface area (Å²) in [6.45, 7) is 10.2. The van der Waals surface area contributed by atoms with Gasteiger partial charge >= 0.3 is 0 Å². The Bertz CT molecular complexity index is 485. The molecule has 1 aromatic rings. The molecule has 1 unspecified atom stereocenters. The van der Waals surface area contributed by atoms with E-state index in [-0.39, 0.29) is 5.92 Å². The molecule has 1 aromatic carbocycles. The lowest BCUT2D eigenvalue weighted by Gasteiger charge is -2.20. The summed E-state index contributed by atoms with van der Waals surface area (Å²) in [4.78, 5) is 0.673. The SMILES string of the molecule is CC(C)=CCCC(/C=[N+](\[O-])O[Si](C)(C)C)c1ccccc1. The molecular formula is C17H27NO2Si. The van der Waals surface area contributed by atoms with Crippen LogP contribution in [0.1, 0.15) is 38.2 Å². The van der Waals surface area contributed by atoms with Crippen molar-refractivity contribution in [2.75, 3.05) is 0 Å². The second-order valence-electron chi connectivity index (χ2n) is 6.51. The van der Waals surface area contributed by atoms with E-state index in [4.69, 9.17) is 4.53 Å². The van der Waals surface area contributed by atoms with Gasteiger partial charge in [-0.25, -0.2) is 0 Å². The van der Waals surface area contributed by atoms with E-state index < -0.39 is 8.32 Å². The first-order valence-corrected chi connectivity index (χ1v) is 10.9. The second kappa shape index (κ2) is 8.03. The van der Waals surface area contributed by atoms with Gasteiger partial charge in [0, 0.05) is 4.90 Å². The van der Waals surface area contributed by atoms with E-state index in [9.17, 15) is 5.21 Å². The van der Waals surface area contributed by atoms with Gasteiger partial charge < -0.3 is 4.53 Å².